The molecule has 1 amide bonds. The Morgan fingerprint density at radius 3 is 2.93 bits per heavy atom. The molecule has 0 bridgehead atoms. The van der Waals surface area contributed by atoms with Crippen molar-refractivity contribution in [2.24, 2.45) is 0 Å². The molecule has 28 heavy (non-hydrogen) atoms. The number of pyridine rings is 1. The fourth-order valence-electron chi connectivity index (χ4n) is 3.12. The monoisotopic (exact) mass is 379 g/mol. The second-order valence-corrected chi connectivity index (χ2v) is 6.53. The fourth-order valence-corrected chi connectivity index (χ4v) is 3.12. The van der Waals surface area contributed by atoms with E-state index in [1.165, 1.54) is 6.07 Å². The smallest absolute Gasteiger partial charge is 0.249 e. The average Bonchev–Trinajstić information content (AvgIpc) is 3.30. The minimum absolute atomic E-state index is 0.112. The van der Waals surface area contributed by atoms with Gasteiger partial charge in [-0.1, -0.05) is 23.4 Å². The number of H-pyrrole nitrogens is 1. The summed E-state index contributed by atoms with van der Waals surface area (Å²) in [6.07, 6.45) is 1.75. The van der Waals surface area contributed by atoms with Crippen LogP contribution in [0.1, 0.15) is 30.1 Å². The number of para-hydroxylation sites is 1. The van der Waals surface area contributed by atoms with Gasteiger partial charge in [0.2, 0.25) is 17.6 Å². The summed E-state index contributed by atoms with van der Waals surface area (Å²) < 4.78 is 19.2. The van der Waals surface area contributed by atoms with Crippen LogP contribution in [0.4, 0.5) is 4.39 Å². The maximum absolute atomic E-state index is 13.9. The van der Waals surface area contributed by atoms with Crippen molar-refractivity contribution in [1.82, 2.24) is 25.4 Å². The molecule has 0 aliphatic rings. The largest absolute Gasteiger partial charge is 0.356 e. The standard InChI is InChI=1S/C20H18FN5O2/c1-11-14(13-6-5-7-15(21)18(13)24-11)10-17(27)23-12(2)20-25-19(26-28-20)16-8-3-4-9-22-16/h3-9,12,24H,10H2,1-2H3,(H,23,27)/t12-/m1/s1. The lowest BCUT2D eigenvalue weighted by atomic mass is 10.1. The van der Waals surface area contributed by atoms with Gasteiger partial charge in [-0.2, -0.15) is 4.98 Å². The van der Waals surface area contributed by atoms with Gasteiger partial charge in [0.15, 0.2) is 0 Å². The number of aryl methyl sites for hydroxylation is 1. The van der Waals surface area contributed by atoms with Gasteiger partial charge < -0.3 is 14.8 Å². The van der Waals surface area contributed by atoms with Crippen molar-refractivity contribution in [2.45, 2.75) is 26.3 Å². The van der Waals surface area contributed by atoms with E-state index in [-0.39, 0.29) is 24.0 Å². The number of benzene rings is 1. The molecule has 3 heterocycles. The molecule has 8 heteroatoms. The van der Waals surface area contributed by atoms with E-state index in [2.05, 4.69) is 25.4 Å². The first-order valence-corrected chi connectivity index (χ1v) is 8.83. The van der Waals surface area contributed by atoms with E-state index in [9.17, 15) is 9.18 Å². The number of amides is 1. The van der Waals surface area contributed by atoms with Crippen LogP contribution in [0.2, 0.25) is 0 Å². The third-order valence-corrected chi connectivity index (χ3v) is 4.52. The van der Waals surface area contributed by atoms with Crippen molar-refractivity contribution in [1.29, 1.82) is 0 Å². The molecule has 2 N–H and O–H groups in total. The number of fused-ring (bicyclic) bond motifs is 1. The van der Waals surface area contributed by atoms with Crippen molar-refractivity contribution in [3.05, 3.63) is 65.6 Å². The number of carbonyl (C=O) groups excluding carboxylic acids is 1. The number of halogens is 1. The van der Waals surface area contributed by atoms with Gasteiger partial charge in [-0.05, 0) is 37.6 Å². The van der Waals surface area contributed by atoms with Crippen molar-refractivity contribution in [3.8, 4) is 11.5 Å². The van der Waals surface area contributed by atoms with E-state index in [0.717, 1.165) is 11.3 Å². The Balaban J connectivity index is 1.48. The van der Waals surface area contributed by atoms with Crippen LogP contribution in [0.15, 0.2) is 47.1 Å². The van der Waals surface area contributed by atoms with Crippen LogP contribution in [0.25, 0.3) is 22.4 Å². The van der Waals surface area contributed by atoms with Crippen molar-refractivity contribution in [2.75, 3.05) is 0 Å². The predicted molar refractivity (Wildman–Crippen MR) is 101 cm³/mol. The van der Waals surface area contributed by atoms with Gasteiger partial charge in [0.1, 0.15) is 17.6 Å². The SMILES string of the molecule is Cc1[nH]c2c(F)cccc2c1CC(=O)N[C@H](C)c1nc(-c2ccccn2)no1. The zero-order valence-corrected chi connectivity index (χ0v) is 15.4. The number of rotatable bonds is 5. The summed E-state index contributed by atoms with van der Waals surface area (Å²) in [7, 11) is 0. The molecule has 4 rings (SSSR count). The number of aromatic amines is 1. The number of aromatic nitrogens is 4. The number of nitrogens with one attached hydrogen (secondary N) is 2. The minimum Gasteiger partial charge on any atom is -0.356 e. The third-order valence-electron chi connectivity index (χ3n) is 4.52. The van der Waals surface area contributed by atoms with Crippen molar-refractivity contribution < 1.29 is 13.7 Å². The first-order chi connectivity index (χ1) is 13.5. The Hall–Kier alpha value is -3.55. The molecule has 1 aromatic carbocycles. The molecular weight excluding hydrogens is 361 g/mol. The molecule has 3 aromatic heterocycles. The topological polar surface area (TPSA) is 96.7 Å². The van der Waals surface area contributed by atoms with Crippen LogP contribution < -0.4 is 5.32 Å². The highest BCUT2D eigenvalue weighted by molar-refractivity contribution is 5.90. The van der Waals surface area contributed by atoms with Crippen molar-refractivity contribution in [3.63, 3.8) is 0 Å². The molecule has 7 nitrogen and oxygen atoms in total. The molecule has 0 saturated carbocycles. The molecule has 0 saturated heterocycles. The lowest BCUT2D eigenvalue weighted by molar-refractivity contribution is -0.121. The van der Waals surface area contributed by atoms with Gasteiger partial charge in [0.25, 0.3) is 0 Å². The van der Waals surface area contributed by atoms with Crippen LogP contribution in [-0.4, -0.2) is 26.0 Å². The lowest BCUT2D eigenvalue weighted by Crippen LogP contribution is -2.28. The lowest BCUT2D eigenvalue weighted by Gasteiger charge is -2.10. The summed E-state index contributed by atoms with van der Waals surface area (Å²) >= 11 is 0. The maximum Gasteiger partial charge on any atom is 0.249 e. The van der Waals surface area contributed by atoms with Gasteiger partial charge >= 0.3 is 0 Å². The molecule has 0 unspecified atom stereocenters. The maximum atomic E-state index is 13.9. The third kappa shape index (κ3) is 3.36. The highest BCUT2D eigenvalue weighted by Crippen LogP contribution is 2.25. The van der Waals surface area contributed by atoms with Crippen LogP contribution in [0, 0.1) is 12.7 Å². The van der Waals surface area contributed by atoms with Crippen LogP contribution in [-0.2, 0) is 11.2 Å². The normalized spacial score (nSPS) is 12.2. The quantitative estimate of drug-likeness (QED) is 0.553. The van der Waals surface area contributed by atoms with Crippen molar-refractivity contribution >= 4 is 16.8 Å². The Kier molecular flexibility index (Phi) is 4.60. The summed E-state index contributed by atoms with van der Waals surface area (Å²) in [6, 6.07) is 9.75. The van der Waals surface area contributed by atoms with Gasteiger partial charge in [-0.25, -0.2) is 4.39 Å². The molecule has 0 aliphatic heterocycles. The summed E-state index contributed by atoms with van der Waals surface area (Å²) in [6.45, 7) is 3.58. The van der Waals surface area contributed by atoms with Crippen LogP contribution in [0.3, 0.4) is 0 Å². The number of nitrogens with zero attached hydrogens (tertiary/aromatic N) is 3. The second-order valence-electron chi connectivity index (χ2n) is 6.53. The summed E-state index contributed by atoms with van der Waals surface area (Å²) in [5.41, 5.74) is 2.53. The van der Waals surface area contributed by atoms with E-state index in [4.69, 9.17) is 4.52 Å². The number of hydrogen-bond acceptors (Lipinski definition) is 5. The summed E-state index contributed by atoms with van der Waals surface area (Å²) in [5.74, 6) is 0.0854. The van der Waals surface area contributed by atoms with E-state index < -0.39 is 6.04 Å². The van der Waals surface area contributed by atoms with Gasteiger partial charge in [-0.3, -0.25) is 9.78 Å². The molecule has 0 spiro atoms. The number of carbonyl (C=O) groups is 1. The van der Waals surface area contributed by atoms with Crippen LogP contribution >= 0.6 is 0 Å². The highest BCUT2D eigenvalue weighted by Gasteiger charge is 2.20. The van der Waals surface area contributed by atoms with Gasteiger partial charge in [0.05, 0.1) is 11.9 Å². The van der Waals surface area contributed by atoms with Crippen LogP contribution in [0.5, 0.6) is 0 Å². The summed E-state index contributed by atoms with van der Waals surface area (Å²) in [4.78, 5) is 24.0. The second kappa shape index (κ2) is 7.22. The molecule has 4 aromatic rings. The molecule has 0 aliphatic carbocycles. The first kappa shape index (κ1) is 17.8. The van der Waals surface area contributed by atoms with E-state index in [1.54, 1.807) is 37.4 Å². The molecular formula is C20H18FN5O2. The van der Waals surface area contributed by atoms with E-state index in [1.807, 2.05) is 13.0 Å². The van der Waals surface area contributed by atoms with Gasteiger partial charge in [0, 0.05) is 17.3 Å². The molecule has 0 fully saturated rings. The minimum atomic E-state index is -0.472. The zero-order chi connectivity index (χ0) is 19.7. The van der Waals surface area contributed by atoms with E-state index >= 15 is 0 Å². The Morgan fingerprint density at radius 2 is 2.14 bits per heavy atom. The summed E-state index contributed by atoms with van der Waals surface area (Å²) in [5, 5.41) is 7.46. The Morgan fingerprint density at radius 1 is 1.29 bits per heavy atom. The fraction of sp³-hybridized carbons (Fsp3) is 0.200. The van der Waals surface area contributed by atoms with E-state index in [0.29, 0.717) is 22.4 Å². The highest BCUT2D eigenvalue weighted by atomic mass is 19.1. The Bertz CT molecular complexity index is 1140. The molecule has 142 valence electrons. The predicted octanol–water partition coefficient (Wildman–Crippen LogP) is 3.48. The van der Waals surface area contributed by atoms with Gasteiger partial charge in [-0.15, -0.1) is 0 Å². The zero-order valence-electron chi connectivity index (χ0n) is 15.4. The molecule has 0 radical (unpaired) electrons. The number of hydrogen-bond donors (Lipinski definition) is 2. The first-order valence-electron chi connectivity index (χ1n) is 8.83. The average molecular weight is 379 g/mol. The Labute approximate surface area is 160 Å². The molecule has 1 atom stereocenters.